The Labute approximate surface area is 172 Å². The van der Waals surface area contributed by atoms with Crippen molar-refractivity contribution < 1.29 is 14.3 Å². The normalized spacial score (nSPS) is 23.0. The Bertz CT molecular complexity index is 826. The van der Waals surface area contributed by atoms with Crippen LogP contribution in [0.25, 0.3) is 0 Å². The number of nitrogens with one attached hydrogen (secondary N) is 1. The predicted octanol–water partition coefficient (Wildman–Crippen LogP) is 2.73. The van der Waals surface area contributed by atoms with Crippen LogP contribution in [0.5, 0.6) is 0 Å². The molecule has 3 rings (SSSR count). The number of aromatic nitrogens is 1. The van der Waals surface area contributed by atoms with Gasteiger partial charge in [-0.1, -0.05) is 26.3 Å². The van der Waals surface area contributed by atoms with Crippen LogP contribution >= 0.6 is 0 Å². The number of hydrogen-bond acceptors (Lipinski definition) is 4. The second-order valence-corrected chi connectivity index (χ2v) is 9.45. The molecule has 2 aliphatic rings. The van der Waals surface area contributed by atoms with Crippen molar-refractivity contribution in [2.24, 2.45) is 11.8 Å². The molecule has 1 N–H and O–H groups in total. The summed E-state index contributed by atoms with van der Waals surface area (Å²) in [5.41, 5.74) is 0.416. The fourth-order valence-corrected chi connectivity index (χ4v) is 4.39. The maximum atomic E-state index is 13.4. The number of pyridine rings is 1. The van der Waals surface area contributed by atoms with Crippen LogP contribution in [-0.2, 0) is 16.1 Å². The van der Waals surface area contributed by atoms with E-state index in [1.165, 1.54) is 0 Å². The van der Waals surface area contributed by atoms with E-state index in [9.17, 15) is 14.4 Å². The van der Waals surface area contributed by atoms with Gasteiger partial charge in [-0.15, -0.1) is 0 Å². The molecule has 0 aromatic carbocycles. The van der Waals surface area contributed by atoms with Crippen LogP contribution in [0.1, 0.15) is 59.1 Å². The summed E-state index contributed by atoms with van der Waals surface area (Å²) in [4.78, 5) is 39.8. The van der Waals surface area contributed by atoms with Gasteiger partial charge in [0.15, 0.2) is 0 Å². The number of hydrogen-bond donors (Lipinski definition) is 1. The Hall–Kier alpha value is -2.31. The molecule has 0 saturated carbocycles. The summed E-state index contributed by atoms with van der Waals surface area (Å²) in [6.45, 7) is 11.2. The van der Waals surface area contributed by atoms with Gasteiger partial charge in [-0.2, -0.15) is 0 Å². The number of carbonyl (C=O) groups is 2. The highest BCUT2D eigenvalue weighted by Gasteiger charge is 2.39. The summed E-state index contributed by atoms with van der Waals surface area (Å²) < 4.78 is 7.23. The number of fused-ring (bicyclic) bond motifs is 4. The Kier molecular flexibility index (Phi) is 6.05. The van der Waals surface area contributed by atoms with E-state index in [0.29, 0.717) is 19.6 Å². The quantitative estimate of drug-likeness (QED) is 0.838. The zero-order chi connectivity index (χ0) is 21.3. The molecule has 29 heavy (non-hydrogen) atoms. The molecule has 1 fully saturated rings. The zero-order valence-corrected chi connectivity index (χ0v) is 18.1. The second kappa shape index (κ2) is 8.20. The van der Waals surface area contributed by atoms with Crippen molar-refractivity contribution in [1.82, 2.24) is 14.8 Å². The van der Waals surface area contributed by atoms with Crippen LogP contribution in [0.4, 0.5) is 4.79 Å². The number of carbonyl (C=O) groups excluding carboxylic acids is 2. The molecule has 7 heteroatoms. The summed E-state index contributed by atoms with van der Waals surface area (Å²) in [5, 5.41) is 2.81. The van der Waals surface area contributed by atoms with E-state index in [2.05, 4.69) is 5.32 Å². The lowest BCUT2D eigenvalue weighted by molar-refractivity contribution is -0.137. The molecular formula is C22H33N3O4. The first-order chi connectivity index (χ1) is 13.6. The topological polar surface area (TPSA) is 80.6 Å². The summed E-state index contributed by atoms with van der Waals surface area (Å²) in [7, 11) is 0. The van der Waals surface area contributed by atoms with Crippen molar-refractivity contribution in [3.8, 4) is 0 Å². The molecule has 1 aromatic heterocycles. The number of amides is 2. The van der Waals surface area contributed by atoms with Crippen molar-refractivity contribution in [3.63, 3.8) is 0 Å². The molecule has 0 radical (unpaired) electrons. The number of nitrogens with zero attached hydrogens (tertiary/aromatic N) is 2. The standard InChI is InChI=1S/C22H33N3O4/c1-6-14(2)19(23-21(28)29-22(3,4)5)20(27)24-11-15-10-16(13-24)17-8-7-9-18(26)25(17)12-15/h7-9,14-16,19H,6,10-13H2,1-5H3,(H,23,28)/t14-,15+,16-,19+/m1/s1. The van der Waals surface area contributed by atoms with Gasteiger partial charge in [0.05, 0.1) is 0 Å². The van der Waals surface area contributed by atoms with E-state index in [-0.39, 0.29) is 29.2 Å². The molecule has 1 saturated heterocycles. The SMILES string of the molecule is CC[C@@H](C)[C@H](NC(=O)OC(C)(C)C)C(=O)N1C[C@@H]2C[C@H](C1)c1cccc(=O)n1C2. The average molecular weight is 404 g/mol. The highest BCUT2D eigenvalue weighted by molar-refractivity contribution is 5.86. The zero-order valence-electron chi connectivity index (χ0n) is 18.1. The fourth-order valence-electron chi connectivity index (χ4n) is 4.39. The maximum absolute atomic E-state index is 13.4. The summed E-state index contributed by atoms with van der Waals surface area (Å²) in [6, 6.07) is 4.76. The van der Waals surface area contributed by atoms with Crippen molar-refractivity contribution in [3.05, 3.63) is 34.2 Å². The third-order valence-corrected chi connectivity index (χ3v) is 5.94. The Morgan fingerprint density at radius 1 is 1.24 bits per heavy atom. The van der Waals surface area contributed by atoms with Gasteiger partial charge < -0.3 is 19.5 Å². The van der Waals surface area contributed by atoms with Crippen molar-refractivity contribution >= 4 is 12.0 Å². The van der Waals surface area contributed by atoms with Crippen LogP contribution in [0, 0.1) is 11.8 Å². The molecule has 0 spiro atoms. The molecule has 0 aliphatic carbocycles. The Balaban J connectivity index is 1.77. The van der Waals surface area contributed by atoms with Crippen LogP contribution in [-0.4, -0.2) is 46.2 Å². The molecule has 7 nitrogen and oxygen atoms in total. The van der Waals surface area contributed by atoms with Crippen LogP contribution in [0.2, 0.25) is 0 Å². The minimum atomic E-state index is -0.619. The summed E-state index contributed by atoms with van der Waals surface area (Å²) in [6.07, 6.45) is 1.19. The predicted molar refractivity (Wildman–Crippen MR) is 111 cm³/mol. The van der Waals surface area contributed by atoms with Gasteiger partial charge in [0.25, 0.3) is 5.56 Å². The van der Waals surface area contributed by atoms with Gasteiger partial charge in [0.2, 0.25) is 5.91 Å². The van der Waals surface area contributed by atoms with Gasteiger partial charge in [-0.3, -0.25) is 9.59 Å². The average Bonchev–Trinajstić information content (AvgIpc) is 2.64. The van der Waals surface area contributed by atoms with Crippen molar-refractivity contribution in [2.75, 3.05) is 13.1 Å². The maximum Gasteiger partial charge on any atom is 0.408 e. The molecular weight excluding hydrogens is 370 g/mol. The van der Waals surface area contributed by atoms with Crippen LogP contribution in [0.3, 0.4) is 0 Å². The smallest absolute Gasteiger partial charge is 0.408 e. The monoisotopic (exact) mass is 403 g/mol. The van der Waals surface area contributed by atoms with E-state index < -0.39 is 17.7 Å². The summed E-state index contributed by atoms with van der Waals surface area (Å²) >= 11 is 0. The lowest BCUT2D eigenvalue weighted by atomic mass is 9.82. The van der Waals surface area contributed by atoms with E-state index in [0.717, 1.165) is 18.5 Å². The third kappa shape index (κ3) is 4.82. The van der Waals surface area contributed by atoms with E-state index >= 15 is 0 Å². The second-order valence-electron chi connectivity index (χ2n) is 9.45. The van der Waals surface area contributed by atoms with Gasteiger partial charge in [-0.25, -0.2) is 4.79 Å². The number of alkyl carbamates (subject to hydrolysis) is 1. The lowest BCUT2D eigenvalue weighted by Crippen LogP contribution is -2.57. The van der Waals surface area contributed by atoms with Gasteiger partial charge in [-0.05, 0) is 45.1 Å². The largest absolute Gasteiger partial charge is 0.444 e. The molecule has 160 valence electrons. The molecule has 2 amide bonds. The van der Waals surface area contributed by atoms with E-state index in [1.54, 1.807) is 32.9 Å². The molecule has 2 bridgehead atoms. The molecule has 2 aliphatic heterocycles. The Morgan fingerprint density at radius 2 is 1.97 bits per heavy atom. The van der Waals surface area contributed by atoms with Crippen LogP contribution in [0.15, 0.2) is 23.0 Å². The first-order valence-electron chi connectivity index (χ1n) is 10.6. The fraction of sp³-hybridized carbons (Fsp3) is 0.682. The third-order valence-electron chi connectivity index (χ3n) is 5.94. The first-order valence-corrected chi connectivity index (χ1v) is 10.6. The minimum absolute atomic E-state index is 0.00769. The number of likely N-dealkylation sites (tertiary alicyclic amines) is 1. The van der Waals surface area contributed by atoms with E-state index in [1.807, 2.05) is 29.4 Å². The number of ether oxygens (including phenoxy) is 1. The summed E-state index contributed by atoms with van der Waals surface area (Å²) in [5.74, 6) is 0.335. The molecule has 1 aromatic rings. The first kappa shape index (κ1) is 21.4. The molecule has 0 unspecified atom stereocenters. The lowest BCUT2D eigenvalue weighted by Gasteiger charge is -2.44. The van der Waals surface area contributed by atoms with Crippen molar-refractivity contribution in [2.45, 2.75) is 71.6 Å². The number of rotatable bonds is 4. The van der Waals surface area contributed by atoms with Gasteiger partial charge in [0, 0.05) is 37.3 Å². The van der Waals surface area contributed by atoms with Crippen LogP contribution < -0.4 is 10.9 Å². The minimum Gasteiger partial charge on any atom is -0.444 e. The Morgan fingerprint density at radius 3 is 2.62 bits per heavy atom. The molecule has 3 heterocycles. The van der Waals surface area contributed by atoms with Crippen molar-refractivity contribution in [1.29, 1.82) is 0 Å². The molecule has 4 atom stereocenters. The van der Waals surface area contributed by atoms with E-state index in [4.69, 9.17) is 4.74 Å². The highest BCUT2D eigenvalue weighted by Crippen LogP contribution is 2.35. The van der Waals surface area contributed by atoms with Gasteiger partial charge >= 0.3 is 6.09 Å². The highest BCUT2D eigenvalue weighted by atomic mass is 16.6. The number of piperidine rings is 1. The van der Waals surface area contributed by atoms with Gasteiger partial charge in [0.1, 0.15) is 11.6 Å².